The molecule has 20 heavy (non-hydrogen) atoms. The molecule has 2 aliphatic carbocycles. The second-order valence-corrected chi connectivity index (χ2v) is 6.59. The maximum Gasteiger partial charge on any atom is 0.407 e. The van der Waals surface area contributed by atoms with Gasteiger partial charge in [0, 0.05) is 12.0 Å². The van der Waals surface area contributed by atoms with E-state index in [1.807, 2.05) is 0 Å². The van der Waals surface area contributed by atoms with E-state index in [1.165, 1.54) is 12.8 Å². The van der Waals surface area contributed by atoms with E-state index in [0.29, 0.717) is 12.5 Å². The molecule has 0 aromatic rings. The van der Waals surface area contributed by atoms with Crippen molar-refractivity contribution in [3.63, 3.8) is 0 Å². The number of alkyl carbamates (subject to hydrolysis) is 1. The predicted octanol–water partition coefficient (Wildman–Crippen LogP) is 1.83. The Bertz CT molecular complexity index is 340. The quantitative estimate of drug-likeness (QED) is 0.780. The maximum atomic E-state index is 12.0. The largest absolute Gasteiger partial charge is 0.449 e. The summed E-state index contributed by atoms with van der Waals surface area (Å²) in [5.74, 6) is 0.567. The van der Waals surface area contributed by atoms with Crippen LogP contribution < -0.4 is 5.32 Å². The van der Waals surface area contributed by atoms with E-state index < -0.39 is 0 Å². The van der Waals surface area contributed by atoms with Crippen LogP contribution in [0.1, 0.15) is 44.9 Å². The van der Waals surface area contributed by atoms with E-state index in [-0.39, 0.29) is 30.3 Å². The molecule has 5 nitrogen and oxygen atoms in total. The van der Waals surface area contributed by atoms with Crippen LogP contribution in [0.5, 0.6) is 0 Å². The van der Waals surface area contributed by atoms with Gasteiger partial charge in [-0.3, -0.25) is 0 Å². The molecule has 2 N–H and O–H groups in total. The molecule has 3 fully saturated rings. The van der Waals surface area contributed by atoms with E-state index in [1.54, 1.807) is 0 Å². The number of carbonyl (C=O) groups is 1. The molecule has 2 unspecified atom stereocenters. The Balaban J connectivity index is 1.60. The lowest BCUT2D eigenvalue weighted by Gasteiger charge is -2.48. The fourth-order valence-corrected chi connectivity index (χ4v) is 3.35. The summed E-state index contributed by atoms with van der Waals surface area (Å²) < 4.78 is 11.0. The molecule has 3 rings (SSSR count). The molecule has 1 saturated heterocycles. The topological polar surface area (TPSA) is 67.8 Å². The van der Waals surface area contributed by atoms with Gasteiger partial charge in [0.1, 0.15) is 0 Å². The van der Waals surface area contributed by atoms with Crippen molar-refractivity contribution in [2.75, 3.05) is 19.8 Å². The van der Waals surface area contributed by atoms with Crippen LogP contribution in [0.25, 0.3) is 0 Å². The first kappa shape index (κ1) is 14.1. The summed E-state index contributed by atoms with van der Waals surface area (Å²) in [7, 11) is 0. The van der Waals surface area contributed by atoms with Gasteiger partial charge >= 0.3 is 6.09 Å². The van der Waals surface area contributed by atoms with Gasteiger partial charge in [-0.25, -0.2) is 4.79 Å². The number of carbonyl (C=O) groups excluding carboxylic acids is 1. The van der Waals surface area contributed by atoms with Crippen LogP contribution in [0.3, 0.4) is 0 Å². The highest BCUT2D eigenvalue weighted by atomic mass is 16.5. The Labute approximate surface area is 120 Å². The predicted molar refractivity (Wildman–Crippen MR) is 73.3 cm³/mol. The van der Waals surface area contributed by atoms with E-state index in [4.69, 9.17) is 9.47 Å². The summed E-state index contributed by atoms with van der Waals surface area (Å²) in [4.78, 5) is 12.0. The Kier molecular flexibility index (Phi) is 4.17. The number of amides is 1. The van der Waals surface area contributed by atoms with Crippen molar-refractivity contribution in [1.29, 1.82) is 0 Å². The van der Waals surface area contributed by atoms with Crippen LogP contribution in [-0.4, -0.2) is 43.2 Å². The van der Waals surface area contributed by atoms with Crippen molar-refractivity contribution in [3.8, 4) is 0 Å². The number of nitrogens with one attached hydrogen (secondary N) is 1. The number of ether oxygens (including phenoxy) is 2. The first-order valence-corrected chi connectivity index (χ1v) is 7.89. The van der Waals surface area contributed by atoms with Crippen LogP contribution in [0.2, 0.25) is 0 Å². The first-order chi connectivity index (χ1) is 9.73. The fourth-order valence-electron chi connectivity index (χ4n) is 3.35. The summed E-state index contributed by atoms with van der Waals surface area (Å²) in [5.41, 5.74) is -0.201. The van der Waals surface area contributed by atoms with Crippen LogP contribution in [0, 0.1) is 11.3 Å². The molecule has 0 spiro atoms. The van der Waals surface area contributed by atoms with Crippen LogP contribution in [0.15, 0.2) is 0 Å². The van der Waals surface area contributed by atoms with Gasteiger partial charge in [0.25, 0.3) is 0 Å². The third-order valence-corrected chi connectivity index (χ3v) is 5.08. The molecule has 5 heteroatoms. The van der Waals surface area contributed by atoms with Crippen LogP contribution >= 0.6 is 0 Å². The number of aliphatic hydroxyl groups excluding tert-OH is 1. The van der Waals surface area contributed by atoms with E-state index in [9.17, 15) is 9.90 Å². The minimum atomic E-state index is -0.350. The van der Waals surface area contributed by atoms with E-state index in [2.05, 4.69) is 5.32 Å². The van der Waals surface area contributed by atoms with Crippen LogP contribution in [-0.2, 0) is 9.47 Å². The number of hydrogen-bond donors (Lipinski definition) is 2. The third kappa shape index (κ3) is 2.93. The fraction of sp³-hybridized carbons (Fsp3) is 0.933. The molecule has 0 aromatic carbocycles. The highest BCUT2D eigenvalue weighted by Crippen LogP contribution is 2.46. The standard InChI is InChI=1S/C15H25NO4/c17-10-15(6-2-7-15)13(12-3-1-8-19-12)16-14(18)20-9-11-4-5-11/h11-13,17H,1-10H2,(H,16,18). The molecule has 2 saturated carbocycles. The zero-order chi connectivity index (χ0) is 14.0. The molecule has 0 aromatic heterocycles. The zero-order valence-electron chi connectivity index (χ0n) is 12.0. The van der Waals surface area contributed by atoms with Crippen molar-refractivity contribution in [2.45, 2.75) is 57.1 Å². The molecular weight excluding hydrogens is 258 g/mol. The van der Waals surface area contributed by atoms with Crippen molar-refractivity contribution < 1.29 is 19.4 Å². The second-order valence-electron chi connectivity index (χ2n) is 6.59. The van der Waals surface area contributed by atoms with Gasteiger partial charge in [-0.2, -0.15) is 0 Å². The minimum absolute atomic E-state index is 0.0240. The maximum absolute atomic E-state index is 12.0. The molecule has 1 amide bonds. The molecule has 1 heterocycles. The number of hydrogen-bond acceptors (Lipinski definition) is 4. The SMILES string of the molecule is O=C(NC(C1CCCO1)C1(CO)CCC1)OCC1CC1. The van der Waals surface area contributed by atoms with Crippen molar-refractivity contribution in [3.05, 3.63) is 0 Å². The minimum Gasteiger partial charge on any atom is -0.449 e. The highest BCUT2D eigenvalue weighted by Gasteiger charge is 2.49. The summed E-state index contributed by atoms with van der Waals surface area (Å²) in [6, 6.07) is -0.115. The van der Waals surface area contributed by atoms with Gasteiger partial charge < -0.3 is 19.9 Å². The zero-order valence-corrected chi connectivity index (χ0v) is 12.0. The van der Waals surface area contributed by atoms with Gasteiger partial charge in [-0.1, -0.05) is 6.42 Å². The average molecular weight is 283 g/mol. The summed E-state index contributed by atoms with van der Waals surface area (Å²) in [6.07, 6.45) is 7.02. The van der Waals surface area contributed by atoms with Crippen molar-refractivity contribution in [1.82, 2.24) is 5.32 Å². The summed E-state index contributed by atoms with van der Waals surface area (Å²) >= 11 is 0. The number of aliphatic hydroxyl groups is 1. The van der Waals surface area contributed by atoms with E-state index in [0.717, 1.165) is 38.7 Å². The first-order valence-electron chi connectivity index (χ1n) is 7.89. The van der Waals surface area contributed by atoms with Crippen LogP contribution in [0.4, 0.5) is 4.79 Å². The Morgan fingerprint density at radius 3 is 2.65 bits per heavy atom. The van der Waals surface area contributed by atoms with Crippen molar-refractivity contribution in [2.24, 2.45) is 11.3 Å². The van der Waals surface area contributed by atoms with Gasteiger partial charge in [-0.15, -0.1) is 0 Å². The molecule has 3 aliphatic rings. The Morgan fingerprint density at radius 1 is 1.35 bits per heavy atom. The van der Waals surface area contributed by atoms with E-state index >= 15 is 0 Å². The normalized spacial score (nSPS) is 29.6. The lowest BCUT2D eigenvalue weighted by Crippen LogP contribution is -2.58. The molecule has 2 atom stereocenters. The Hall–Kier alpha value is -0.810. The van der Waals surface area contributed by atoms with Gasteiger partial charge in [0.2, 0.25) is 0 Å². The third-order valence-electron chi connectivity index (χ3n) is 5.08. The van der Waals surface area contributed by atoms with Gasteiger partial charge in [0.15, 0.2) is 0 Å². The van der Waals surface area contributed by atoms with Gasteiger partial charge in [0.05, 0.1) is 25.4 Å². The molecule has 114 valence electrons. The number of rotatable bonds is 6. The Morgan fingerprint density at radius 2 is 2.15 bits per heavy atom. The molecule has 1 aliphatic heterocycles. The smallest absolute Gasteiger partial charge is 0.407 e. The lowest BCUT2D eigenvalue weighted by atomic mass is 9.63. The highest BCUT2D eigenvalue weighted by molar-refractivity contribution is 5.68. The molecular formula is C15H25NO4. The summed E-state index contributed by atoms with van der Waals surface area (Å²) in [6.45, 7) is 1.39. The second kappa shape index (κ2) is 5.90. The average Bonchev–Trinajstić information content (AvgIpc) is 3.07. The molecule has 0 bridgehead atoms. The van der Waals surface area contributed by atoms with Crippen molar-refractivity contribution >= 4 is 6.09 Å². The monoisotopic (exact) mass is 283 g/mol. The lowest BCUT2D eigenvalue weighted by molar-refractivity contribution is -0.0499. The van der Waals surface area contributed by atoms with Gasteiger partial charge in [-0.05, 0) is 44.4 Å². The molecule has 0 radical (unpaired) electrons. The summed E-state index contributed by atoms with van der Waals surface area (Å²) in [5, 5.41) is 12.8.